The minimum Gasteiger partial charge on any atom is -0.347 e. The van der Waals surface area contributed by atoms with E-state index in [9.17, 15) is 4.79 Å². The third kappa shape index (κ3) is 3.37. The standard InChI is InChI=1S/C14H13Br2N3O/c1-9(15)7-17-14(20)13-8-18-19(10(13)2)12-5-3-11(16)4-6-12/h3-6,8H,1,7H2,2H3,(H,17,20). The van der Waals surface area contributed by atoms with Crippen LogP contribution in [0.15, 0.2) is 46.0 Å². The molecule has 0 unspecified atom stereocenters. The van der Waals surface area contributed by atoms with Crippen molar-refractivity contribution in [3.8, 4) is 5.69 Å². The van der Waals surface area contributed by atoms with Crippen LogP contribution >= 0.6 is 31.9 Å². The molecule has 1 N–H and O–H groups in total. The van der Waals surface area contributed by atoms with Gasteiger partial charge in [-0.05, 0) is 31.2 Å². The number of hydrogen-bond donors (Lipinski definition) is 1. The van der Waals surface area contributed by atoms with Gasteiger partial charge in [0, 0.05) is 15.5 Å². The number of nitrogens with one attached hydrogen (secondary N) is 1. The van der Waals surface area contributed by atoms with Gasteiger partial charge in [0.25, 0.3) is 5.91 Å². The average molecular weight is 399 g/mol. The van der Waals surface area contributed by atoms with Gasteiger partial charge in [-0.15, -0.1) is 0 Å². The molecular formula is C14H13Br2N3O. The average Bonchev–Trinajstić information content (AvgIpc) is 2.79. The summed E-state index contributed by atoms with van der Waals surface area (Å²) in [7, 11) is 0. The number of halogens is 2. The van der Waals surface area contributed by atoms with Gasteiger partial charge in [-0.25, -0.2) is 4.68 Å². The number of carbonyl (C=O) groups excluding carboxylic acids is 1. The van der Waals surface area contributed by atoms with Crippen molar-refractivity contribution in [2.45, 2.75) is 6.92 Å². The summed E-state index contributed by atoms with van der Waals surface area (Å²) in [6, 6.07) is 7.74. The van der Waals surface area contributed by atoms with Gasteiger partial charge in [0.2, 0.25) is 0 Å². The van der Waals surface area contributed by atoms with Crippen LogP contribution in [0.3, 0.4) is 0 Å². The fourth-order valence-electron chi connectivity index (χ4n) is 1.75. The van der Waals surface area contributed by atoms with Gasteiger partial charge in [-0.3, -0.25) is 4.79 Å². The fourth-order valence-corrected chi connectivity index (χ4v) is 2.15. The minimum absolute atomic E-state index is 0.161. The van der Waals surface area contributed by atoms with Crippen molar-refractivity contribution in [1.82, 2.24) is 15.1 Å². The topological polar surface area (TPSA) is 46.9 Å². The molecule has 0 aliphatic carbocycles. The van der Waals surface area contributed by atoms with Crippen LogP contribution in [-0.2, 0) is 0 Å². The molecule has 1 aromatic heterocycles. The first-order chi connectivity index (χ1) is 9.49. The Morgan fingerprint density at radius 2 is 2.05 bits per heavy atom. The predicted molar refractivity (Wildman–Crippen MR) is 86.4 cm³/mol. The van der Waals surface area contributed by atoms with E-state index >= 15 is 0 Å². The molecule has 0 bridgehead atoms. The Morgan fingerprint density at radius 1 is 1.40 bits per heavy atom. The molecule has 1 amide bonds. The van der Waals surface area contributed by atoms with Gasteiger partial charge in [0.15, 0.2) is 0 Å². The summed E-state index contributed by atoms with van der Waals surface area (Å²) >= 11 is 6.60. The molecule has 0 saturated carbocycles. The van der Waals surface area contributed by atoms with Crippen LogP contribution in [0.4, 0.5) is 0 Å². The predicted octanol–water partition coefficient (Wildman–Crippen LogP) is 3.58. The summed E-state index contributed by atoms with van der Waals surface area (Å²) in [6.07, 6.45) is 1.57. The van der Waals surface area contributed by atoms with Crippen molar-refractivity contribution < 1.29 is 4.79 Å². The Bertz CT molecular complexity index is 647. The van der Waals surface area contributed by atoms with Crippen LogP contribution in [-0.4, -0.2) is 22.2 Å². The third-order valence-corrected chi connectivity index (χ3v) is 3.58. The zero-order chi connectivity index (χ0) is 14.7. The minimum atomic E-state index is -0.161. The van der Waals surface area contributed by atoms with Crippen LogP contribution in [0.1, 0.15) is 16.1 Å². The normalized spacial score (nSPS) is 10.3. The number of aromatic nitrogens is 2. The molecule has 4 nitrogen and oxygen atoms in total. The summed E-state index contributed by atoms with van der Waals surface area (Å²) in [4.78, 5) is 12.0. The smallest absolute Gasteiger partial charge is 0.255 e. The molecule has 2 rings (SSSR count). The second-order valence-electron chi connectivity index (χ2n) is 4.23. The lowest BCUT2D eigenvalue weighted by Crippen LogP contribution is -2.24. The highest BCUT2D eigenvalue weighted by Crippen LogP contribution is 2.17. The second kappa shape index (κ2) is 6.37. The molecule has 104 valence electrons. The zero-order valence-corrected chi connectivity index (χ0v) is 14.0. The summed E-state index contributed by atoms with van der Waals surface area (Å²) in [5.41, 5.74) is 2.27. The maximum atomic E-state index is 12.0. The van der Waals surface area contributed by atoms with Crippen LogP contribution in [0.5, 0.6) is 0 Å². The van der Waals surface area contributed by atoms with Crippen molar-refractivity contribution in [2.75, 3.05) is 6.54 Å². The van der Waals surface area contributed by atoms with Gasteiger partial charge >= 0.3 is 0 Å². The highest BCUT2D eigenvalue weighted by molar-refractivity contribution is 9.11. The van der Waals surface area contributed by atoms with Crippen LogP contribution < -0.4 is 5.32 Å². The number of benzene rings is 1. The highest BCUT2D eigenvalue weighted by atomic mass is 79.9. The monoisotopic (exact) mass is 397 g/mol. The van der Waals surface area contributed by atoms with Crippen molar-refractivity contribution in [3.05, 3.63) is 57.3 Å². The zero-order valence-electron chi connectivity index (χ0n) is 10.9. The molecule has 0 aliphatic rings. The van der Waals surface area contributed by atoms with E-state index in [0.717, 1.165) is 20.3 Å². The lowest BCUT2D eigenvalue weighted by molar-refractivity contribution is 0.0957. The Labute approximate surface area is 134 Å². The number of rotatable bonds is 4. The lowest BCUT2D eigenvalue weighted by atomic mass is 10.2. The molecule has 20 heavy (non-hydrogen) atoms. The summed E-state index contributed by atoms with van der Waals surface area (Å²) < 4.78 is 3.47. The van der Waals surface area contributed by atoms with Crippen LogP contribution in [0.2, 0.25) is 0 Å². The molecule has 6 heteroatoms. The fraction of sp³-hybridized carbons (Fsp3) is 0.143. The first-order valence-corrected chi connectivity index (χ1v) is 7.49. The number of carbonyl (C=O) groups is 1. The molecule has 1 heterocycles. The van der Waals surface area contributed by atoms with E-state index < -0.39 is 0 Å². The first-order valence-electron chi connectivity index (χ1n) is 5.91. The van der Waals surface area contributed by atoms with Gasteiger partial charge in [0.1, 0.15) is 0 Å². The van der Waals surface area contributed by atoms with Gasteiger partial charge in [-0.2, -0.15) is 5.10 Å². The van der Waals surface area contributed by atoms with E-state index in [2.05, 4.69) is 48.9 Å². The molecule has 2 aromatic rings. The van der Waals surface area contributed by atoms with E-state index in [4.69, 9.17) is 0 Å². The van der Waals surface area contributed by atoms with Gasteiger partial charge < -0.3 is 5.32 Å². The lowest BCUT2D eigenvalue weighted by Gasteiger charge is -2.06. The Balaban J connectivity index is 2.24. The van der Waals surface area contributed by atoms with E-state index in [1.54, 1.807) is 10.9 Å². The third-order valence-electron chi connectivity index (χ3n) is 2.77. The van der Waals surface area contributed by atoms with E-state index in [0.29, 0.717) is 12.1 Å². The number of amides is 1. The quantitative estimate of drug-likeness (QED) is 0.855. The number of hydrogen-bond acceptors (Lipinski definition) is 2. The summed E-state index contributed by atoms with van der Waals surface area (Å²) in [5.74, 6) is -0.161. The molecule has 0 atom stereocenters. The molecule has 0 fully saturated rings. The Morgan fingerprint density at radius 3 is 2.65 bits per heavy atom. The van der Waals surface area contributed by atoms with Crippen molar-refractivity contribution in [2.24, 2.45) is 0 Å². The Kier molecular flexibility index (Phi) is 4.77. The van der Waals surface area contributed by atoms with Crippen LogP contribution in [0.25, 0.3) is 5.69 Å². The van der Waals surface area contributed by atoms with E-state index in [1.807, 2.05) is 31.2 Å². The molecule has 0 spiro atoms. The summed E-state index contributed by atoms with van der Waals surface area (Å²) in [5, 5.41) is 7.04. The molecule has 1 aromatic carbocycles. The second-order valence-corrected chi connectivity index (χ2v) is 6.27. The van der Waals surface area contributed by atoms with Crippen molar-refractivity contribution in [3.63, 3.8) is 0 Å². The molecular weight excluding hydrogens is 386 g/mol. The highest BCUT2D eigenvalue weighted by Gasteiger charge is 2.14. The Hall–Kier alpha value is -1.40. The number of nitrogens with zero attached hydrogens (tertiary/aromatic N) is 2. The van der Waals surface area contributed by atoms with Crippen molar-refractivity contribution >= 4 is 37.8 Å². The van der Waals surface area contributed by atoms with Gasteiger partial charge in [0.05, 0.1) is 23.1 Å². The van der Waals surface area contributed by atoms with Crippen molar-refractivity contribution in [1.29, 1.82) is 0 Å². The SMILES string of the molecule is C=C(Br)CNC(=O)c1cnn(-c2ccc(Br)cc2)c1C. The molecule has 0 saturated heterocycles. The summed E-state index contributed by atoms with van der Waals surface area (Å²) in [6.45, 7) is 5.94. The van der Waals surface area contributed by atoms with E-state index in [-0.39, 0.29) is 5.91 Å². The first kappa shape index (κ1) is 15.0. The van der Waals surface area contributed by atoms with Crippen LogP contribution in [0, 0.1) is 6.92 Å². The van der Waals surface area contributed by atoms with E-state index in [1.165, 1.54) is 0 Å². The molecule has 0 radical (unpaired) electrons. The maximum Gasteiger partial charge on any atom is 0.255 e. The maximum absolute atomic E-state index is 12.0. The van der Waals surface area contributed by atoms with Gasteiger partial charge in [-0.1, -0.05) is 38.4 Å². The molecule has 0 aliphatic heterocycles. The largest absolute Gasteiger partial charge is 0.347 e.